The molecule has 0 saturated carbocycles. The third-order valence-corrected chi connectivity index (χ3v) is 2.19. The molecule has 1 N–H and O–H groups in total. The van der Waals surface area contributed by atoms with Crippen molar-refractivity contribution in [2.24, 2.45) is 0 Å². The van der Waals surface area contributed by atoms with Crippen molar-refractivity contribution >= 4 is 5.91 Å². The lowest BCUT2D eigenvalue weighted by Crippen LogP contribution is -2.20. The molecule has 4 nitrogen and oxygen atoms in total. The second kappa shape index (κ2) is 8.60. The number of nitrogens with zero attached hydrogens (tertiary/aromatic N) is 1. The molecule has 0 aromatic heterocycles. The highest BCUT2D eigenvalue weighted by Gasteiger charge is 1.93. The quantitative estimate of drug-likeness (QED) is 0.646. The van der Waals surface area contributed by atoms with E-state index in [1.54, 1.807) is 0 Å². The van der Waals surface area contributed by atoms with Gasteiger partial charge in [-0.15, -0.1) is 0 Å². The summed E-state index contributed by atoms with van der Waals surface area (Å²) in [5, 5.41) is 11.1. The maximum atomic E-state index is 10.6. The molecule has 4 heteroatoms. The van der Waals surface area contributed by atoms with Crippen LogP contribution in [0.25, 0.3) is 0 Å². The number of rotatable bonds is 5. The van der Waals surface area contributed by atoms with Gasteiger partial charge < -0.3 is 10.1 Å². The van der Waals surface area contributed by atoms with E-state index in [9.17, 15) is 4.79 Å². The van der Waals surface area contributed by atoms with E-state index in [1.807, 2.05) is 30.3 Å². The van der Waals surface area contributed by atoms with Crippen LogP contribution in [0.5, 0.6) is 5.75 Å². The van der Waals surface area contributed by atoms with Gasteiger partial charge in [0.15, 0.2) is 0 Å². The minimum atomic E-state index is -0.0410. The van der Waals surface area contributed by atoms with Gasteiger partial charge in [0.1, 0.15) is 12.4 Å². The summed E-state index contributed by atoms with van der Waals surface area (Å²) in [6, 6.07) is 9.41. The van der Waals surface area contributed by atoms with Crippen molar-refractivity contribution in [3.63, 3.8) is 0 Å². The molecule has 1 aromatic carbocycles. The van der Waals surface area contributed by atoms with Crippen LogP contribution >= 0.6 is 0 Å². The number of hydrogen-bond acceptors (Lipinski definition) is 3. The Bertz CT molecular complexity index is 504. The molecule has 0 aliphatic carbocycles. The molecule has 98 valence electrons. The molecule has 0 radical (unpaired) electrons. The average Bonchev–Trinajstić information content (AvgIpc) is 2.40. The second-order valence-electron chi connectivity index (χ2n) is 3.82. The molecule has 0 saturated heterocycles. The highest BCUT2D eigenvalue weighted by Crippen LogP contribution is 2.11. The third kappa shape index (κ3) is 6.75. The second-order valence-corrected chi connectivity index (χ2v) is 3.82. The fourth-order valence-electron chi connectivity index (χ4n) is 1.31. The predicted molar refractivity (Wildman–Crippen MR) is 72.3 cm³/mol. The molecule has 0 bridgehead atoms. The van der Waals surface area contributed by atoms with Gasteiger partial charge >= 0.3 is 0 Å². The first-order valence-corrected chi connectivity index (χ1v) is 6.05. The van der Waals surface area contributed by atoms with Crippen LogP contribution in [-0.2, 0) is 4.79 Å². The van der Waals surface area contributed by atoms with Gasteiger partial charge in [0.05, 0.1) is 12.5 Å². The Morgan fingerprint density at radius 2 is 2.05 bits per heavy atom. The van der Waals surface area contributed by atoms with E-state index in [0.29, 0.717) is 26.0 Å². The van der Waals surface area contributed by atoms with Gasteiger partial charge in [-0.25, -0.2) is 0 Å². The SMILES string of the molecule is CC(=O)NCCC#Cc1ccc(OCCC#N)cc1. The van der Waals surface area contributed by atoms with Gasteiger partial charge in [-0.05, 0) is 24.3 Å². The third-order valence-electron chi connectivity index (χ3n) is 2.19. The molecule has 0 heterocycles. The van der Waals surface area contributed by atoms with Crippen LogP contribution in [0.4, 0.5) is 0 Å². The zero-order valence-electron chi connectivity index (χ0n) is 10.9. The topological polar surface area (TPSA) is 62.1 Å². The van der Waals surface area contributed by atoms with Crippen molar-refractivity contribution < 1.29 is 9.53 Å². The van der Waals surface area contributed by atoms with Gasteiger partial charge in [0.2, 0.25) is 5.91 Å². The highest BCUT2D eigenvalue weighted by atomic mass is 16.5. The molecular weight excluding hydrogens is 240 g/mol. The van der Waals surface area contributed by atoms with Gasteiger partial charge in [-0.2, -0.15) is 5.26 Å². The van der Waals surface area contributed by atoms with E-state index in [4.69, 9.17) is 10.00 Å². The van der Waals surface area contributed by atoms with Crippen molar-refractivity contribution in [1.82, 2.24) is 5.32 Å². The Morgan fingerprint density at radius 1 is 1.32 bits per heavy atom. The smallest absolute Gasteiger partial charge is 0.216 e. The summed E-state index contributed by atoms with van der Waals surface area (Å²) in [4.78, 5) is 10.6. The van der Waals surface area contributed by atoms with Gasteiger partial charge in [-0.1, -0.05) is 11.8 Å². The Balaban J connectivity index is 2.37. The van der Waals surface area contributed by atoms with E-state index >= 15 is 0 Å². The van der Waals surface area contributed by atoms with E-state index in [-0.39, 0.29) is 5.91 Å². The van der Waals surface area contributed by atoms with Crippen LogP contribution in [0.1, 0.15) is 25.3 Å². The summed E-state index contributed by atoms with van der Waals surface area (Å²) in [5.74, 6) is 6.68. The number of amides is 1. The summed E-state index contributed by atoms with van der Waals surface area (Å²) < 4.78 is 5.35. The molecule has 0 spiro atoms. The molecule has 0 atom stereocenters. The molecule has 0 fully saturated rings. The lowest BCUT2D eigenvalue weighted by Gasteiger charge is -2.02. The summed E-state index contributed by atoms with van der Waals surface area (Å²) >= 11 is 0. The summed E-state index contributed by atoms with van der Waals surface area (Å²) in [7, 11) is 0. The standard InChI is InChI=1S/C15H16N2O2/c1-13(18)17-11-3-2-5-14-6-8-15(9-7-14)19-12-4-10-16/h6-9H,3-4,11-12H2,1H3,(H,17,18). The fraction of sp³-hybridized carbons (Fsp3) is 0.333. The van der Waals surface area contributed by atoms with Crippen LogP contribution in [0.2, 0.25) is 0 Å². The van der Waals surface area contributed by atoms with Crippen LogP contribution in [-0.4, -0.2) is 19.1 Å². The van der Waals surface area contributed by atoms with Crippen molar-refractivity contribution in [2.75, 3.05) is 13.2 Å². The van der Waals surface area contributed by atoms with Crippen molar-refractivity contribution in [3.8, 4) is 23.7 Å². The van der Waals surface area contributed by atoms with E-state index < -0.39 is 0 Å². The normalized spacial score (nSPS) is 8.84. The van der Waals surface area contributed by atoms with E-state index in [1.165, 1.54) is 6.92 Å². The molecule has 0 aliphatic rings. The Morgan fingerprint density at radius 3 is 2.68 bits per heavy atom. The Kier molecular flexibility index (Phi) is 6.61. The monoisotopic (exact) mass is 256 g/mol. The van der Waals surface area contributed by atoms with E-state index in [2.05, 4.69) is 17.2 Å². The molecule has 19 heavy (non-hydrogen) atoms. The zero-order chi connectivity index (χ0) is 13.9. The molecule has 0 unspecified atom stereocenters. The predicted octanol–water partition coefficient (Wildman–Crippen LogP) is 1.86. The van der Waals surface area contributed by atoms with Gasteiger partial charge in [0, 0.05) is 25.5 Å². The van der Waals surface area contributed by atoms with Crippen molar-refractivity contribution in [2.45, 2.75) is 19.8 Å². The lowest BCUT2D eigenvalue weighted by molar-refractivity contribution is -0.118. The number of hydrogen-bond donors (Lipinski definition) is 1. The average molecular weight is 256 g/mol. The number of ether oxygens (including phenoxy) is 1. The molecule has 1 aromatic rings. The minimum Gasteiger partial charge on any atom is -0.493 e. The molecule has 0 aliphatic heterocycles. The van der Waals surface area contributed by atoms with Crippen molar-refractivity contribution in [1.29, 1.82) is 5.26 Å². The number of nitrogens with one attached hydrogen (secondary N) is 1. The largest absolute Gasteiger partial charge is 0.493 e. The van der Waals surface area contributed by atoms with Crippen LogP contribution in [0.15, 0.2) is 24.3 Å². The summed E-state index contributed by atoms with van der Waals surface area (Å²) in [6.07, 6.45) is 1.00. The maximum Gasteiger partial charge on any atom is 0.216 e. The number of carbonyl (C=O) groups excluding carboxylic acids is 1. The first kappa shape index (κ1) is 14.6. The van der Waals surface area contributed by atoms with Crippen LogP contribution in [0, 0.1) is 23.2 Å². The van der Waals surface area contributed by atoms with Crippen LogP contribution in [0.3, 0.4) is 0 Å². The zero-order valence-corrected chi connectivity index (χ0v) is 10.9. The first-order valence-electron chi connectivity index (χ1n) is 6.05. The van der Waals surface area contributed by atoms with E-state index in [0.717, 1.165) is 11.3 Å². The molecule has 1 amide bonds. The summed E-state index contributed by atoms with van der Waals surface area (Å²) in [5.41, 5.74) is 0.899. The number of nitriles is 1. The highest BCUT2D eigenvalue weighted by molar-refractivity contribution is 5.72. The Labute approximate surface area is 113 Å². The minimum absolute atomic E-state index is 0.0410. The Hall–Kier alpha value is -2.46. The molecular formula is C15H16N2O2. The number of carbonyl (C=O) groups is 1. The maximum absolute atomic E-state index is 10.6. The fourth-order valence-corrected chi connectivity index (χ4v) is 1.31. The van der Waals surface area contributed by atoms with Gasteiger partial charge in [-0.3, -0.25) is 4.79 Å². The van der Waals surface area contributed by atoms with Crippen molar-refractivity contribution in [3.05, 3.63) is 29.8 Å². The number of benzene rings is 1. The molecule has 1 rings (SSSR count). The van der Waals surface area contributed by atoms with Gasteiger partial charge in [0.25, 0.3) is 0 Å². The summed E-state index contributed by atoms with van der Waals surface area (Å²) in [6.45, 7) is 2.45. The first-order chi connectivity index (χ1) is 9.22. The lowest BCUT2D eigenvalue weighted by atomic mass is 10.2. The van der Waals surface area contributed by atoms with Crippen LogP contribution < -0.4 is 10.1 Å².